The summed E-state index contributed by atoms with van der Waals surface area (Å²) in [5, 5.41) is 1.58. The van der Waals surface area contributed by atoms with E-state index in [-0.39, 0.29) is 6.10 Å². The number of halogens is 1. The van der Waals surface area contributed by atoms with E-state index in [2.05, 4.69) is 19.2 Å². The van der Waals surface area contributed by atoms with Gasteiger partial charge in [-0.1, -0.05) is 11.6 Å². The van der Waals surface area contributed by atoms with Crippen LogP contribution in [0.5, 0.6) is 5.75 Å². The third kappa shape index (κ3) is 2.82. The van der Waals surface area contributed by atoms with Crippen molar-refractivity contribution in [2.45, 2.75) is 31.3 Å². The molecular formula is C14H15ClN4OS. The Bertz CT molecular complexity index is 645. The maximum Gasteiger partial charge on any atom is 0.205 e. The molecule has 1 saturated carbocycles. The van der Waals surface area contributed by atoms with Crippen LogP contribution in [0.3, 0.4) is 0 Å². The normalized spacial score (nSPS) is 21.8. The average Bonchev–Trinajstić information content (AvgIpc) is 3.04. The Morgan fingerprint density at radius 3 is 3.05 bits per heavy atom. The molecule has 4 rings (SSSR count). The number of nitrogens with zero attached hydrogens (tertiary/aromatic N) is 4. The SMILES string of the molecule is Clc1cnccc1OC1CCN(c2nc(C3CC3)ns2)C1. The van der Waals surface area contributed by atoms with E-state index in [0.717, 1.165) is 30.5 Å². The first-order chi connectivity index (χ1) is 10.3. The molecule has 1 atom stereocenters. The summed E-state index contributed by atoms with van der Waals surface area (Å²) in [6.45, 7) is 1.78. The topological polar surface area (TPSA) is 51.1 Å². The predicted molar refractivity (Wildman–Crippen MR) is 82.4 cm³/mol. The van der Waals surface area contributed by atoms with Crippen molar-refractivity contribution in [3.8, 4) is 5.75 Å². The first kappa shape index (κ1) is 13.3. The van der Waals surface area contributed by atoms with Crippen LogP contribution in [-0.2, 0) is 0 Å². The number of pyridine rings is 1. The molecule has 7 heteroatoms. The van der Waals surface area contributed by atoms with Crippen LogP contribution in [0, 0.1) is 0 Å². The van der Waals surface area contributed by atoms with Gasteiger partial charge in [0.1, 0.15) is 22.7 Å². The molecule has 0 spiro atoms. The number of rotatable bonds is 4. The van der Waals surface area contributed by atoms with Crippen LogP contribution >= 0.6 is 23.1 Å². The summed E-state index contributed by atoms with van der Waals surface area (Å²) >= 11 is 7.58. The summed E-state index contributed by atoms with van der Waals surface area (Å²) in [6.07, 6.45) is 6.89. The van der Waals surface area contributed by atoms with Gasteiger partial charge < -0.3 is 9.64 Å². The molecule has 2 fully saturated rings. The van der Waals surface area contributed by atoms with Crippen LogP contribution in [0.15, 0.2) is 18.5 Å². The minimum atomic E-state index is 0.137. The van der Waals surface area contributed by atoms with Crippen LogP contribution in [0.25, 0.3) is 0 Å². The van der Waals surface area contributed by atoms with Gasteiger partial charge in [-0.3, -0.25) is 4.98 Å². The molecule has 21 heavy (non-hydrogen) atoms. The van der Waals surface area contributed by atoms with Crippen LogP contribution in [0.2, 0.25) is 5.02 Å². The molecule has 1 aliphatic heterocycles. The van der Waals surface area contributed by atoms with Crippen molar-refractivity contribution in [2.24, 2.45) is 0 Å². The lowest BCUT2D eigenvalue weighted by Crippen LogP contribution is -2.24. The number of hydrogen-bond donors (Lipinski definition) is 0. The van der Waals surface area contributed by atoms with E-state index >= 15 is 0 Å². The zero-order valence-corrected chi connectivity index (χ0v) is 13.0. The van der Waals surface area contributed by atoms with Crippen LogP contribution in [0.1, 0.15) is 31.0 Å². The van der Waals surface area contributed by atoms with Gasteiger partial charge in [-0.2, -0.15) is 4.37 Å². The molecule has 0 radical (unpaired) electrons. The number of ether oxygens (including phenoxy) is 1. The van der Waals surface area contributed by atoms with Crippen molar-refractivity contribution in [1.29, 1.82) is 0 Å². The fourth-order valence-electron chi connectivity index (χ4n) is 2.50. The highest BCUT2D eigenvalue weighted by Gasteiger charge is 2.31. The van der Waals surface area contributed by atoms with E-state index in [4.69, 9.17) is 16.3 Å². The van der Waals surface area contributed by atoms with Crippen LogP contribution in [-0.4, -0.2) is 33.5 Å². The maximum atomic E-state index is 6.08. The van der Waals surface area contributed by atoms with E-state index in [9.17, 15) is 0 Å². The van der Waals surface area contributed by atoms with Crippen molar-refractivity contribution in [3.05, 3.63) is 29.3 Å². The molecule has 0 aromatic carbocycles. The lowest BCUT2D eigenvalue weighted by atomic mass is 10.3. The second kappa shape index (κ2) is 5.42. The highest BCUT2D eigenvalue weighted by Crippen LogP contribution is 2.40. The Morgan fingerprint density at radius 1 is 1.33 bits per heavy atom. The van der Waals surface area contributed by atoms with E-state index in [1.165, 1.54) is 24.4 Å². The Labute approximate surface area is 132 Å². The van der Waals surface area contributed by atoms with Gasteiger partial charge in [0.25, 0.3) is 0 Å². The fraction of sp³-hybridized carbons (Fsp3) is 0.500. The van der Waals surface area contributed by atoms with Gasteiger partial charge in [-0.25, -0.2) is 4.98 Å². The molecule has 1 unspecified atom stereocenters. The minimum absolute atomic E-state index is 0.137. The number of anilines is 1. The zero-order chi connectivity index (χ0) is 14.2. The maximum absolute atomic E-state index is 6.08. The summed E-state index contributed by atoms with van der Waals surface area (Å²) in [5.41, 5.74) is 0. The van der Waals surface area contributed by atoms with Crippen molar-refractivity contribution in [1.82, 2.24) is 14.3 Å². The third-order valence-corrected chi connectivity index (χ3v) is 4.89. The smallest absolute Gasteiger partial charge is 0.205 e. The lowest BCUT2D eigenvalue weighted by molar-refractivity contribution is 0.225. The first-order valence-corrected chi connectivity index (χ1v) is 8.29. The van der Waals surface area contributed by atoms with Gasteiger partial charge in [0, 0.05) is 48.9 Å². The van der Waals surface area contributed by atoms with Gasteiger partial charge in [0.05, 0.1) is 6.54 Å². The molecule has 1 aliphatic carbocycles. The Kier molecular flexibility index (Phi) is 3.43. The van der Waals surface area contributed by atoms with Crippen LogP contribution in [0.4, 0.5) is 5.13 Å². The highest BCUT2D eigenvalue weighted by atomic mass is 35.5. The third-order valence-electron chi connectivity index (χ3n) is 3.82. The molecule has 1 saturated heterocycles. The summed E-state index contributed by atoms with van der Waals surface area (Å²) in [7, 11) is 0. The van der Waals surface area contributed by atoms with E-state index in [0.29, 0.717) is 16.7 Å². The quantitative estimate of drug-likeness (QED) is 0.865. The lowest BCUT2D eigenvalue weighted by Gasteiger charge is -2.16. The Hall–Kier alpha value is -1.40. The molecular weight excluding hydrogens is 308 g/mol. The minimum Gasteiger partial charge on any atom is -0.487 e. The second-order valence-corrected chi connectivity index (χ2v) is 6.63. The molecule has 110 valence electrons. The predicted octanol–water partition coefficient (Wildman–Crippen LogP) is 3.12. The largest absolute Gasteiger partial charge is 0.487 e. The van der Waals surface area contributed by atoms with Gasteiger partial charge in [0.15, 0.2) is 0 Å². The summed E-state index contributed by atoms with van der Waals surface area (Å²) in [5.74, 6) is 2.34. The van der Waals surface area contributed by atoms with Crippen molar-refractivity contribution in [2.75, 3.05) is 18.0 Å². The Morgan fingerprint density at radius 2 is 2.24 bits per heavy atom. The van der Waals surface area contributed by atoms with Gasteiger partial charge in [-0.15, -0.1) is 0 Å². The molecule has 2 aliphatic rings. The highest BCUT2D eigenvalue weighted by molar-refractivity contribution is 7.09. The molecule has 2 aromatic rings. The molecule has 0 amide bonds. The van der Waals surface area contributed by atoms with Crippen molar-refractivity contribution in [3.63, 3.8) is 0 Å². The molecule has 3 heterocycles. The molecule has 2 aromatic heterocycles. The molecule has 5 nitrogen and oxygen atoms in total. The number of hydrogen-bond acceptors (Lipinski definition) is 6. The number of aromatic nitrogens is 3. The summed E-state index contributed by atoms with van der Waals surface area (Å²) in [4.78, 5) is 10.9. The van der Waals surface area contributed by atoms with E-state index in [1.807, 2.05) is 0 Å². The zero-order valence-electron chi connectivity index (χ0n) is 11.4. The standard InChI is InChI=1S/C14H15ClN4OS/c15-11-7-16-5-3-12(11)20-10-4-6-19(8-10)14-17-13(18-21-14)9-1-2-9/h3,5,7,9-10H,1-2,4,6,8H2. The molecule has 0 N–H and O–H groups in total. The van der Waals surface area contributed by atoms with E-state index in [1.54, 1.807) is 18.5 Å². The van der Waals surface area contributed by atoms with Crippen LogP contribution < -0.4 is 9.64 Å². The first-order valence-electron chi connectivity index (χ1n) is 7.14. The fourth-order valence-corrected chi connectivity index (χ4v) is 3.44. The van der Waals surface area contributed by atoms with Gasteiger partial charge >= 0.3 is 0 Å². The summed E-state index contributed by atoms with van der Waals surface area (Å²) in [6, 6.07) is 1.81. The second-order valence-electron chi connectivity index (χ2n) is 5.49. The van der Waals surface area contributed by atoms with E-state index < -0.39 is 0 Å². The Balaban J connectivity index is 1.41. The van der Waals surface area contributed by atoms with Gasteiger partial charge in [-0.05, 0) is 12.8 Å². The van der Waals surface area contributed by atoms with Gasteiger partial charge in [0.2, 0.25) is 5.13 Å². The van der Waals surface area contributed by atoms with Crippen molar-refractivity contribution < 1.29 is 4.74 Å². The average molecular weight is 323 g/mol. The molecule has 0 bridgehead atoms. The monoisotopic (exact) mass is 322 g/mol. The van der Waals surface area contributed by atoms with Crippen molar-refractivity contribution >= 4 is 28.3 Å². The summed E-state index contributed by atoms with van der Waals surface area (Å²) < 4.78 is 10.4.